The van der Waals surface area contributed by atoms with Crippen molar-refractivity contribution in [1.29, 1.82) is 0 Å². The second-order valence-corrected chi connectivity index (χ2v) is 9.79. The first-order valence-corrected chi connectivity index (χ1v) is 12.4. The lowest BCUT2D eigenvalue weighted by Crippen LogP contribution is -2.28. The van der Waals surface area contributed by atoms with E-state index >= 15 is 0 Å². The Kier molecular flexibility index (Phi) is 7.47. The molecule has 0 heterocycles. The topological polar surface area (TPSA) is 0 Å². The van der Waals surface area contributed by atoms with Crippen LogP contribution in [0.2, 0.25) is 0 Å². The number of hydrogen-bond acceptors (Lipinski definition) is 0. The van der Waals surface area contributed by atoms with Gasteiger partial charge in [0.15, 0.2) is 0 Å². The van der Waals surface area contributed by atoms with Crippen molar-refractivity contribution in [1.82, 2.24) is 0 Å². The van der Waals surface area contributed by atoms with Crippen molar-refractivity contribution >= 4 is 0 Å². The van der Waals surface area contributed by atoms with E-state index in [9.17, 15) is 17.6 Å². The van der Waals surface area contributed by atoms with Crippen molar-refractivity contribution in [3.63, 3.8) is 0 Å². The molecule has 2 aromatic carbocycles. The predicted molar refractivity (Wildman–Crippen MR) is 124 cm³/mol. The molecule has 1 fully saturated rings. The van der Waals surface area contributed by atoms with Crippen LogP contribution in [0, 0.1) is 29.5 Å². The van der Waals surface area contributed by atoms with Gasteiger partial charge in [0.2, 0.25) is 0 Å². The first-order chi connectivity index (χ1) is 15.8. The maximum atomic E-state index is 13.8. The Morgan fingerprint density at radius 2 is 1.67 bits per heavy atom. The van der Waals surface area contributed by atoms with E-state index in [0.29, 0.717) is 5.92 Å². The van der Waals surface area contributed by atoms with E-state index < -0.39 is 17.6 Å². The fraction of sp³-hybridized carbons (Fsp3) is 0.517. The molecule has 2 aromatic rings. The van der Waals surface area contributed by atoms with E-state index in [4.69, 9.17) is 0 Å². The van der Waals surface area contributed by atoms with Gasteiger partial charge in [0.1, 0.15) is 5.82 Å². The van der Waals surface area contributed by atoms with Gasteiger partial charge in [-0.25, -0.2) is 4.39 Å². The predicted octanol–water partition coefficient (Wildman–Crippen LogP) is 8.66. The fourth-order valence-electron chi connectivity index (χ4n) is 5.78. The summed E-state index contributed by atoms with van der Waals surface area (Å²) < 4.78 is 52.0. The average molecular weight is 457 g/mol. The van der Waals surface area contributed by atoms with E-state index in [-0.39, 0.29) is 5.56 Å². The van der Waals surface area contributed by atoms with Crippen LogP contribution in [0.15, 0.2) is 36.4 Å². The third-order valence-electron chi connectivity index (χ3n) is 7.51. The summed E-state index contributed by atoms with van der Waals surface area (Å²) in [5.74, 6) is 6.87. The SMILES string of the molecule is CCCCCC[C@@H]1CC[C@@H]2c3ccc(C#Cc4ccc(C(F)(F)F)c(F)c4)cc3CC[C@@H]2C1. The first kappa shape index (κ1) is 23.9. The summed E-state index contributed by atoms with van der Waals surface area (Å²) in [4.78, 5) is 0. The van der Waals surface area contributed by atoms with E-state index in [0.717, 1.165) is 36.0 Å². The van der Waals surface area contributed by atoms with Gasteiger partial charge in [0.05, 0.1) is 5.56 Å². The maximum absolute atomic E-state index is 13.8. The molecule has 1 saturated carbocycles. The van der Waals surface area contributed by atoms with Gasteiger partial charge in [-0.3, -0.25) is 0 Å². The zero-order valence-electron chi connectivity index (χ0n) is 19.3. The minimum Gasteiger partial charge on any atom is -0.206 e. The quantitative estimate of drug-likeness (QED) is 0.240. The fourth-order valence-corrected chi connectivity index (χ4v) is 5.78. The molecular formula is C29H32F4. The van der Waals surface area contributed by atoms with Gasteiger partial charge in [-0.15, -0.1) is 0 Å². The van der Waals surface area contributed by atoms with Crippen molar-refractivity contribution in [2.75, 3.05) is 0 Å². The Balaban J connectivity index is 1.42. The Labute approximate surface area is 194 Å². The summed E-state index contributed by atoms with van der Waals surface area (Å²) in [6.07, 6.45) is 8.31. The molecule has 0 saturated heterocycles. The Morgan fingerprint density at radius 1 is 0.909 bits per heavy atom. The highest BCUT2D eigenvalue weighted by Crippen LogP contribution is 2.48. The van der Waals surface area contributed by atoms with Gasteiger partial charge in [-0.05, 0) is 91.3 Å². The highest BCUT2D eigenvalue weighted by atomic mass is 19.4. The molecule has 0 unspecified atom stereocenters. The lowest BCUT2D eigenvalue weighted by molar-refractivity contribution is -0.140. The molecule has 0 amide bonds. The number of benzene rings is 2. The number of alkyl halides is 3. The number of aryl methyl sites for hydroxylation is 1. The standard InChI is InChI=1S/C29H32F4/c1-2-3-4-5-6-20-9-14-25-23(17-20)12-13-24-18-21(10-15-26(24)25)7-8-22-11-16-27(28(30)19-22)29(31,32)33/h10-11,15-16,18-20,23,25H,2-6,9,12-14,17H2,1H3/t20-,23-,25+/m1/s1. The van der Waals surface area contributed by atoms with Crippen LogP contribution in [-0.4, -0.2) is 0 Å². The number of rotatable bonds is 5. The van der Waals surface area contributed by atoms with Crippen LogP contribution in [0.1, 0.15) is 98.4 Å². The minimum atomic E-state index is -4.69. The smallest absolute Gasteiger partial charge is 0.206 e. The summed E-state index contributed by atoms with van der Waals surface area (Å²) in [7, 11) is 0. The lowest BCUT2D eigenvalue weighted by Gasteiger charge is -2.40. The highest BCUT2D eigenvalue weighted by Gasteiger charge is 2.35. The number of unbranched alkanes of at least 4 members (excludes halogenated alkanes) is 3. The molecule has 2 aliphatic carbocycles. The summed E-state index contributed by atoms with van der Waals surface area (Å²) in [5.41, 5.74) is 2.63. The zero-order chi connectivity index (χ0) is 23.4. The van der Waals surface area contributed by atoms with E-state index in [1.807, 2.05) is 6.07 Å². The van der Waals surface area contributed by atoms with Gasteiger partial charge in [-0.2, -0.15) is 13.2 Å². The van der Waals surface area contributed by atoms with Crippen LogP contribution in [0.25, 0.3) is 0 Å². The van der Waals surface area contributed by atoms with Gasteiger partial charge >= 0.3 is 6.18 Å². The minimum absolute atomic E-state index is 0.246. The molecule has 33 heavy (non-hydrogen) atoms. The second kappa shape index (κ2) is 10.3. The number of fused-ring (bicyclic) bond motifs is 3. The molecule has 0 bridgehead atoms. The summed E-state index contributed by atoms with van der Waals surface area (Å²) in [6.45, 7) is 2.26. The molecule has 0 N–H and O–H groups in total. The maximum Gasteiger partial charge on any atom is 0.419 e. The molecule has 0 spiro atoms. The molecule has 4 rings (SSSR count). The molecule has 176 valence electrons. The van der Waals surface area contributed by atoms with Crippen molar-refractivity contribution in [3.05, 3.63) is 70.0 Å². The van der Waals surface area contributed by atoms with Crippen molar-refractivity contribution in [2.45, 2.75) is 83.2 Å². The van der Waals surface area contributed by atoms with Crippen LogP contribution < -0.4 is 0 Å². The van der Waals surface area contributed by atoms with Crippen molar-refractivity contribution in [2.24, 2.45) is 11.8 Å². The van der Waals surface area contributed by atoms with Gasteiger partial charge in [-0.1, -0.05) is 56.9 Å². The van der Waals surface area contributed by atoms with E-state index in [2.05, 4.69) is 30.9 Å². The highest BCUT2D eigenvalue weighted by molar-refractivity contribution is 5.48. The Bertz CT molecular complexity index is 1020. The van der Waals surface area contributed by atoms with Crippen LogP contribution in [0.3, 0.4) is 0 Å². The first-order valence-electron chi connectivity index (χ1n) is 12.4. The Hall–Kier alpha value is -2.28. The van der Waals surface area contributed by atoms with Crippen LogP contribution in [0.4, 0.5) is 17.6 Å². The molecule has 0 radical (unpaired) electrons. The molecule has 0 aliphatic heterocycles. The third-order valence-corrected chi connectivity index (χ3v) is 7.51. The zero-order valence-corrected chi connectivity index (χ0v) is 19.3. The molecule has 2 aliphatic rings. The third kappa shape index (κ3) is 5.81. The monoisotopic (exact) mass is 456 g/mol. The molecule has 0 aromatic heterocycles. The lowest BCUT2D eigenvalue weighted by atomic mass is 9.64. The van der Waals surface area contributed by atoms with Crippen molar-refractivity contribution in [3.8, 4) is 11.8 Å². The van der Waals surface area contributed by atoms with E-state index in [1.54, 1.807) is 0 Å². The molecule has 4 heteroatoms. The van der Waals surface area contributed by atoms with E-state index in [1.165, 1.54) is 75.0 Å². The molecule has 3 atom stereocenters. The summed E-state index contributed by atoms with van der Waals surface area (Å²) >= 11 is 0. The summed E-state index contributed by atoms with van der Waals surface area (Å²) in [6, 6.07) is 9.17. The number of halogens is 4. The largest absolute Gasteiger partial charge is 0.419 e. The molecule has 0 nitrogen and oxygen atoms in total. The molecular weight excluding hydrogens is 424 g/mol. The normalized spacial score (nSPS) is 22.2. The second-order valence-electron chi connectivity index (χ2n) is 9.79. The van der Waals surface area contributed by atoms with Crippen molar-refractivity contribution < 1.29 is 17.6 Å². The van der Waals surface area contributed by atoms with Gasteiger partial charge < -0.3 is 0 Å². The van der Waals surface area contributed by atoms with Gasteiger partial charge in [0, 0.05) is 11.1 Å². The van der Waals surface area contributed by atoms with Crippen LogP contribution in [-0.2, 0) is 12.6 Å². The van der Waals surface area contributed by atoms with Crippen LogP contribution >= 0.6 is 0 Å². The number of hydrogen-bond donors (Lipinski definition) is 0. The average Bonchev–Trinajstić information content (AvgIpc) is 2.79. The van der Waals surface area contributed by atoms with Crippen LogP contribution in [0.5, 0.6) is 0 Å². The summed E-state index contributed by atoms with van der Waals surface area (Å²) in [5, 5.41) is 0. The van der Waals surface area contributed by atoms with Gasteiger partial charge in [0.25, 0.3) is 0 Å². The Morgan fingerprint density at radius 3 is 2.39 bits per heavy atom.